The van der Waals surface area contributed by atoms with Crippen LogP contribution < -0.4 is 0 Å². The van der Waals surface area contributed by atoms with Gasteiger partial charge < -0.3 is 4.74 Å². The van der Waals surface area contributed by atoms with Crippen LogP contribution in [0.4, 0.5) is 4.39 Å². The van der Waals surface area contributed by atoms with Gasteiger partial charge in [0.05, 0.1) is 0 Å². The topological polar surface area (TPSA) is 26.3 Å². The number of esters is 1. The van der Waals surface area contributed by atoms with Crippen molar-refractivity contribution in [2.24, 2.45) is 0 Å². The molecule has 0 bridgehead atoms. The summed E-state index contributed by atoms with van der Waals surface area (Å²) < 4.78 is 15.3. The van der Waals surface area contributed by atoms with Gasteiger partial charge in [0.2, 0.25) is 0 Å². The molecule has 0 radical (unpaired) electrons. The fourth-order valence-corrected chi connectivity index (χ4v) is 0.182. The molecule has 0 spiro atoms. The number of carbonyl (C=O) groups is 1. The monoisotopic (exact) mass is 106 g/mol. The molecule has 0 aromatic heterocycles. The summed E-state index contributed by atoms with van der Waals surface area (Å²) in [5.41, 5.74) is 0. The lowest BCUT2D eigenvalue weighted by molar-refractivity contribution is -0.141. The average molecular weight is 106 g/mol. The molecule has 0 heterocycles. The van der Waals surface area contributed by atoms with Crippen molar-refractivity contribution < 1.29 is 13.9 Å². The van der Waals surface area contributed by atoms with Crippen molar-refractivity contribution in [3.8, 4) is 0 Å². The zero-order valence-electron chi connectivity index (χ0n) is 4.11. The minimum Gasteiger partial charge on any atom is -0.463 e. The second-order valence-corrected chi connectivity index (χ2v) is 1.03. The minimum absolute atomic E-state index is 0.116. The van der Waals surface area contributed by atoms with E-state index in [-0.39, 0.29) is 6.61 Å². The zero-order chi connectivity index (χ0) is 5.70. The standard InChI is InChI=1S/C4H7FO2/c1-4(6)7-3-2-5/h2-3H2,1H3. The van der Waals surface area contributed by atoms with Gasteiger partial charge in [-0.05, 0) is 0 Å². The predicted octanol–water partition coefficient (Wildman–Crippen LogP) is 0.519. The number of rotatable bonds is 2. The van der Waals surface area contributed by atoms with Gasteiger partial charge in [-0.1, -0.05) is 0 Å². The molecule has 0 aliphatic rings. The van der Waals surface area contributed by atoms with Crippen LogP contribution in [-0.4, -0.2) is 19.3 Å². The molecule has 0 aromatic rings. The zero-order valence-corrected chi connectivity index (χ0v) is 4.11. The smallest absolute Gasteiger partial charge is 0.302 e. The maximum Gasteiger partial charge on any atom is 0.302 e. The Labute approximate surface area is 41.3 Å². The highest BCUT2D eigenvalue weighted by Gasteiger charge is 1.87. The van der Waals surface area contributed by atoms with Crippen LogP contribution in [0.25, 0.3) is 0 Å². The minimum atomic E-state index is -0.598. The van der Waals surface area contributed by atoms with Crippen molar-refractivity contribution in [3.05, 3.63) is 0 Å². The summed E-state index contributed by atoms with van der Waals surface area (Å²) in [5, 5.41) is 0. The predicted molar refractivity (Wildman–Crippen MR) is 22.6 cm³/mol. The summed E-state index contributed by atoms with van der Waals surface area (Å²) in [7, 11) is 0. The van der Waals surface area contributed by atoms with Crippen molar-refractivity contribution in [1.29, 1.82) is 0 Å². The molecule has 2 nitrogen and oxygen atoms in total. The Hall–Kier alpha value is -0.600. The van der Waals surface area contributed by atoms with Gasteiger partial charge in [0, 0.05) is 6.92 Å². The van der Waals surface area contributed by atoms with Crippen LogP contribution in [0.3, 0.4) is 0 Å². The maximum atomic E-state index is 11.1. The highest BCUT2D eigenvalue weighted by molar-refractivity contribution is 5.65. The lowest BCUT2D eigenvalue weighted by atomic mass is 10.7. The molecule has 0 aromatic carbocycles. The van der Waals surface area contributed by atoms with Gasteiger partial charge in [-0.15, -0.1) is 0 Å². The summed E-state index contributed by atoms with van der Waals surface area (Å²) in [6.45, 7) is 0.532. The van der Waals surface area contributed by atoms with Crippen molar-refractivity contribution in [2.75, 3.05) is 13.3 Å². The Bertz CT molecular complexity index is 62.7. The number of halogens is 1. The number of hydrogen-bond donors (Lipinski definition) is 0. The molecule has 7 heavy (non-hydrogen) atoms. The first-order valence-electron chi connectivity index (χ1n) is 1.96. The quantitative estimate of drug-likeness (QED) is 0.479. The second kappa shape index (κ2) is 3.59. The molecule has 0 atom stereocenters. The van der Waals surface area contributed by atoms with E-state index in [0.29, 0.717) is 0 Å². The Morgan fingerprint density at radius 3 is 2.57 bits per heavy atom. The molecule has 0 aliphatic heterocycles. The number of alkyl halides is 1. The number of ether oxygens (including phenoxy) is 1. The molecule has 0 N–H and O–H groups in total. The normalized spacial score (nSPS) is 8.29. The molecule has 0 unspecified atom stereocenters. The summed E-state index contributed by atoms with van der Waals surface area (Å²) >= 11 is 0. The van der Waals surface area contributed by atoms with Gasteiger partial charge >= 0.3 is 5.97 Å². The van der Waals surface area contributed by atoms with Crippen molar-refractivity contribution in [1.82, 2.24) is 0 Å². The average Bonchev–Trinajstić information content (AvgIpc) is 1.61. The summed E-state index contributed by atoms with van der Waals surface area (Å²) in [4.78, 5) is 9.81. The van der Waals surface area contributed by atoms with Gasteiger partial charge in [-0.25, -0.2) is 4.39 Å². The molecular weight excluding hydrogens is 99.0 g/mol. The largest absolute Gasteiger partial charge is 0.463 e. The lowest BCUT2D eigenvalue weighted by Crippen LogP contribution is -2.00. The third kappa shape index (κ3) is 5.40. The Balaban J connectivity index is 2.82. The van der Waals surface area contributed by atoms with E-state index in [2.05, 4.69) is 4.74 Å². The second-order valence-electron chi connectivity index (χ2n) is 1.03. The molecule has 0 saturated carbocycles. The molecule has 0 rings (SSSR count). The van der Waals surface area contributed by atoms with Crippen LogP contribution >= 0.6 is 0 Å². The number of carbonyl (C=O) groups excluding carboxylic acids is 1. The Kier molecular flexibility index (Phi) is 3.28. The first kappa shape index (κ1) is 6.40. The molecular formula is C4H7FO2. The van der Waals surface area contributed by atoms with E-state index < -0.39 is 12.6 Å². The highest BCUT2D eigenvalue weighted by Crippen LogP contribution is 1.74. The molecule has 0 aliphatic carbocycles. The lowest BCUT2D eigenvalue weighted by Gasteiger charge is -1.92. The van der Waals surface area contributed by atoms with Crippen molar-refractivity contribution in [3.63, 3.8) is 0 Å². The maximum absolute atomic E-state index is 11.1. The SMILES string of the molecule is CC(=O)OCCF. The molecule has 3 heteroatoms. The number of hydrogen-bond acceptors (Lipinski definition) is 2. The third-order valence-corrected chi connectivity index (χ3v) is 0.382. The Morgan fingerprint density at radius 2 is 2.43 bits per heavy atom. The molecule has 0 fully saturated rings. The molecule has 0 saturated heterocycles. The summed E-state index contributed by atoms with van der Waals surface area (Å²) in [6.07, 6.45) is 0. The van der Waals surface area contributed by atoms with Crippen LogP contribution in [0.15, 0.2) is 0 Å². The van der Waals surface area contributed by atoms with Gasteiger partial charge in [-0.3, -0.25) is 4.79 Å². The van der Waals surface area contributed by atoms with Crippen LogP contribution in [0.1, 0.15) is 6.92 Å². The fraction of sp³-hybridized carbons (Fsp3) is 0.750. The highest BCUT2D eigenvalue weighted by atomic mass is 19.1. The first-order chi connectivity index (χ1) is 3.27. The molecule has 42 valence electrons. The van der Waals surface area contributed by atoms with Crippen LogP contribution in [0.5, 0.6) is 0 Å². The summed E-state index contributed by atoms with van der Waals surface area (Å²) in [5.74, 6) is -0.433. The van der Waals surface area contributed by atoms with Gasteiger partial charge in [0.15, 0.2) is 0 Å². The van der Waals surface area contributed by atoms with E-state index in [4.69, 9.17) is 0 Å². The van der Waals surface area contributed by atoms with Crippen LogP contribution in [0.2, 0.25) is 0 Å². The van der Waals surface area contributed by atoms with Gasteiger partial charge in [0.1, 0.15) is 13.3 Å². The Morgan fingerprint density at radius 1 is 1.86 bits per heavy atom. The van der Waals surface area contributed by atoms with E-state index in [0.717, 1.165) is 0 Å². The van der Waals surface area contributed by atoms with E-state index in [1.165, 1.54) is 6.92 Å². The van der Waals surface area contributed by atoms with Crippen LogP contribution in [-0.2, 0) is 9.53 Å². The third-order valence-electron chi connectivity index (χ3n) is 0.382. The first-order valence-corrected chi connectivity index (χ1v) is 1.96. The van der Waals surface area contributed by atoms with Gasteiger partial charge in [-0.2, -0.15) is 0 Å². The van der Waals surface area contributed by atoms with Crippen LogP contribution in [0, 0.1) is 0 Å². The van der Waals surface area contributed by atoms with Gasteiger partial charge in [0.25, 0.3) is 0 Å². The summed E-state index contributed by atoms with van der Waals surface area (Å²) in [6, 6.07) is 0. The van der Waals surface area contributed by atoms with E-state index in [1.807, 2.05) is 0 Å². The van der Waals surface area contributed by atoms with E-state index >= 15 is 0 Å². The fourth-order valence-electron chi connectivity index (χ4n) is 0.182. The van der Waals surface area contributed by atoms with E-state index in [1.54, 1.807) is 0 Å². The van der Waals surface area contributed by atoms with Crippen molar-refractivity contribution >= 4 is 5.97 Å². The van der Waals surface area contributed by atoms with Crippen molar-refractivity contribution in [2.45, 2.75) is 6.92 Å². The van der Waals surface area contributed by atoms with E-state index in [9.17, 15) is 9.18 Å². The molecule has 0 amide bonds.